The zero-order valence-corrected chi connectivity index (χ0v) is 19.6. The molecule has 0 saturated carbocycles. The van der Waals surface area contributed by atoms with Crippen molar-refractivity contribution in [2.75, 3.05) is 26.2 Å². The molecule has 1 aromatic heterocycles. The van der Waals surface area contributed by atoms with Gasteiger partial charge in [-0.2, -0.15) is 4.31 Å². The summed E-state index contributed by atoms with van der Waals surface area (Å²) in [5.74, 6) is -0.443. The highest BCUT2D eigenvalue weighted by Crippen LogP contribution is 2.24. The summed E-state index contributed by atoms with van der Waals surface area (Å²) in [6.45, 7) is 4.80. The zero-order chi connectivity index (χ0) is 22.9. The molecule has 1 saturated heterocycles. The van der Waals surface area contributed by atoms with E-state index >= 15 is 0 Å². The first-order valence-electron chi connectivity index (χ1n) is 10.3. The fraction of sp³-hybridized carbons (Fsp3) is 0.250. The molecule has 4 rings (SSSR count). The number of amides is 1. The average Bonchev–Trinajstić information content (AvgIpc) is 3.36. The van der Waals surface area contributed by atoms with Gasteiger partial charge in [-0.1, -0.05) is 42.0 Å². The van der Waals surface area contributed by atoms with Crippen LogP contribution in [0.1, 0.15) is 37.4 Å². The van der Waals surface area contributed by atoms with E-state index in [1.54, 1.807) is 46.7 Å². The van der Waals surface area contributed by atoms with Gasteiger partial charge in [0.2, 0.25) is 0 Å². The quantitative estimate of drug-likeness (QED) is 0.535. The fourth-order valence-electron chi connectivity index (χ4n) is 3.83. The van der Waals surface area contributed by atoms with Crippen molar-refractivity contribution in [3.05, 3.63) is 87.8 Å². The Balaban J connectivity index is 1.54. The molecule has 1 amide bonds. The summed E-state index contributed by atoms with van der Waals surface area (Å²) in [6.07, 6.45) is 0. The molecule has 2 heterocycles. The maximum absolute atomic E-state index is 13.3. The first kappa shape index (κ1) is 22.4. The van der Waals surface area contributed by atoms with Crippen LogP contribution in [0, 0.1) is 13.8 Å². The second-order valence-electron chi connectivity index (χ2n) is 7.82. The molecule has 0 aliphatic carbocycles. The largest absolute Gasteiger partial charge is 0.336 e. The fourth-order valence-corrected chi connectivity index (χ4v) is 6.40. The summed E-state index contributed by atoms with van der Waals surface area (Å²) < 4.78 is 27.2. The number of piperazine rings is 1. The molecule has 166 valence electrons. The third-order valence-electron chi connectivity index (χ3n) is 5.65. The van der Waals surface area contributed by atoms with Crippen molar-refractivity contribution in [2.45, 2.75) is 18.1 Å². The molecular formula is C24H24N2O4S2. The third-order valence-corrected chi connectivity index (χ3v) is 8.93. The van der Waals surface area contributed by atoms with E-state index in [0.29, 0.717) is 20.9 Å². The van der Waals surface area contributed by atoms with Crippen LogP contribution in [0.2, 0.25) is 0 Å². The summed E-state index contributed by atoms with van der Waals surface area (Å²) >= 11 is 1.18. The SMILES string of the molecule is Cc1ccc(C)c(C(=O)c2ccccc2C(=O)N2CCN(S(=O)(=O)c3cccs3)CC2)c1. The van der Waals surface area contributed by atoms with E-state index in [2.05, 4.69) is 0 Å². The Labute approximate surface area is 192 Å². The number of sulfonamides is 1. The number of nitrogens with zero attached hydrogens (tertiary/aromatic N) is 2. The Morgan fingerprint density at radius 2 is 1.53 bits per heavy atom. The summed E-state index contributed by atoms with van der Waals surface area (Å²) in [5, 5.41) is 1.73. The Morgan fingerprint density at radius 1 is 0.844 bits per heavy atom. The molecule has 0 atom stereocenters. The average molecular weight is 469 g/mol. The molecule has 6 nitrogen and oxygen atoms in total. The Kier molecular flexibility index (Phi) is 6.28. The first-order valence-corrected chi connectivity index (χ1v) is 12.6. The monoisotopic (exact) mass is 468 g/mol. The molecule has 0 spiro atoms. The van der Waals surface area contributed by atoms with E-state index in [1.165, 1.54) is 15.6 Å². The van der Waals surface area contributed by atoms with Gasteiger partial charge in [-0.05, 0) is 43.0 Å². The van der Waals surface area contributed by atoms with Crippen molar-refractivity contribution in [2.24, 2.45) is 0 Å². The van der Waals surface area contributed by atoms with Gasteiger partial charge in [0, 0.05) is 37.3 Å². The van der Waals surface area contributed by atoms with Crippen LogP contribution in [0.15, 0.2) is 64.2 Å². The van der Waals surface area contributed by atoms with Gasteiger partial charge in [-0.15, -0.1) is 11.3 Å². The first-order chi connectivity index (χ1) is 15.3. The number of thiophene rings is 1. The number of aryl methyl sites for hydroxylation is 2. The molecule has 1 aliphatic heterocycles. The Morgan fingerprint density at radius 3 is 2.19 bits per heavy atom. The van der Waals surface area contributed by atoms with Gasteiger partial charge in [-0.25, -0.2) is 8.42 Å². The Hall–Kier alpha value is -2.81. The van der Waals surface area contributed by atoms with Crippen molar-refractivity contribution < 1.29 is 18.0 Å². The lowest BCUT2D eigenvalue weighted by atomic mass is 9.94. The number of carbonyl (C=O) groups excluding carboxylic acids is 2. The van der Waals surface area contributed by atoms with Crippen molar-refractivity contribution in [3.8, 4) is 0 Å². The highest BCUT2D eigenvalue weighted by atomic mass is 32.2. The lowest BCUT2D eigenvalue weighted by Crippen LogP contribution is -2.50. The number of carbonyl (C=O) groups is 2. The van der Waals surface area contributed by atoms with Crippen LogP contribution in [0.3, 0.4) is 0 Å². The summed E-state index contributed by atoms with van der Waals surface area (Å²) in [6, 6.07) is 15.8. The lowest BCUT2D eigenvalue weighted by Gasteiger charge is -2.34. The minimum atomic E-state index is -3.54. The molecule has 0 bridgehead atoms. The Bertz CT molecular complexity index is 1260. The molecular weight excluding hydrogens is 444 g/mol. The normalized spacial score (nSPS) is 15.0. The second kappa shape index (κ2) is 8.97. The molecule has 8 heteroatoms. The number of benzene rings is 2. The molecule has 32 heavy (non-hydrogen) atoms. The minimum Gasteiger partial charge on any atom is -0.336 e. The van der Waals surface area contributed by atoms with E-state index in [-0.39, 0.29) is 37.9 Å². The molecule has 0 N–H and O–H groups in total. The second-order valence-corrected chi connectivity index (χ2v) is 10.9. The molecule has 3 aromatic rings. The van der Waals surface area contributed by atoms with Gasteiger partial charge in [0.1, 0.15) is 4.21 Å². The number of ketones is 1. The number of rotatable bonds is 5. The van der Waals surface area contributed by atoms with Gasteiger partial charge in [0.05, 0.1) is 5.56 Å². The van der Waals surface area contributed by atoms with E-state index < -0.39 is 10.0 Å². The predicted molar refractivity (Wildman–Crippen MR) is 125 cm³/mol. The van der Waals surface area contributed by atoms with Crippen LogP contribution in [0.5, 0.6) is 0 Å². The van der Waals surface area contributed by atoms with Crippen molar-refractivity contribution in [1.82, 2.24) is 9.21 Å². The summed E-state index contributed by atoms with van der Waals surface area (Å²) in [4.78, 5) is 28.2. The smallest absolute Gasteiger partial charge is 0.254 e. The van der Waals surface area contributed by atoms with Crippen LogP contribution >= 0.6 is 11.3 Å². The van der Waals surface area contributed by atoms with Crippen LogP contribution in [0.25, 0.3) is 0 Å². The number of hydrogen-bond acceptors (Lipinski definition) is 5. The lowest BCUT2D eigenvalue weighted by molar-refractivity contribution is 0.0694. The molecule has 1 fully saturated rings. The van der Waals surface area contributed by atoms with E-state index in [1.807, 2.05) is 32.0 Å². The highest BCUT2D eigenvalue weighted by Gasteiger charge is 2.32. The molecule has 1 aliphatic rings. The van der Waals surface area contributed by atoms with Crippen molar-refractivity contribution in [3.63, 3.8) is 0 Å². The maximum atomic E-state index is 13.3. The van der Waals surface area contributed by atoms with Gasteiger partial charge in [0.15, 0.2) is 5.78 Å². The minimum absolute atomic E-state index is 0.186. The molecule has 0 radical (unpaired) electrons. The van der Waals surface area contributed by atoms with Crippen molar-refractivity contribution in [1.29, 1.82) is 0 Å². The predicted octanol–water partition coefficient (Wildman–Crippen LogP) is 3.74. The van der Waals surface area contributed by atoms with Gasteiger partial charge in [0.25, 0.3) is 15.9 Å². The zero-order valence-electron chi connectivity index (χ0n) is 17.9. The summed E-state index contributed by atoms with van der Waals surface area (Å²) in [5.41, 5.74) is 3.12. The van der Waals surface area contributed by atoms with Crippen molar-refractivity contribution >= 4 is 33.1 Å². The van der Waals surface area contributed by atoms with Gasteiger partial charge in [-0.3, -0.25) is 9.59 Å². The maximum Gasteiger partial charge on any atom is 0.254 e. The van der Waals surface area contributed by atoms with Crippen LogP contribution in [0.4, 0.5) is 0 Å². The van der Waals surface area contributed by atoms with Crippen LogP contribution < -0.4 is 0 Å². The number of hydrogen-bond donors (Lipinski definition) is 0. The molecule has 0 unspecified atom stereocenters. The van der Waals surface area contributed by atoms with Gasteiger partial charge >= 0.3 is 0 Å². The highest BCUT2D eigenvalue weighted by molar-refractivity contribution is 7.91. The topological polar surface area (TPSA) is 74.8 Å². The van der Waals surface area contributed by atoms with Gasteiger partial charge < -0.3 is 4.90 Å². The van der Waals surface area contributed by atoms with E-state index in [4.69, 9.17) is 0 Å². The van der Waals surface area contributed by atoms with Crippen LogP contribution in [-0.4, -0.2) is 55.5 Å². The van der Waals surface area contributed by atoms with Crippen LogP contribution in [-0.2, 0) is 10.0 Å². The van der Waals surface area contributed by atoms with E-state index in [0.717, 1.165) is 11.1 Å². The summed E-state index contributed by atoms with van der Waals surface area (Å²) in [7, 11) is -3.54. The van der Waals surface area contributed by atoms with E-state index in [9.17, 15) is 18.0 Å². The standard InChI is InChI=1S/C24H24N2O4S2/c1-17-9-10-18(2)21(16-17)23(27)19-6-3-4-7-20(19)24(28)25-11-13-26(14-12-25)32(29,30)22-8-5-15-31-22/h3-10,15-16H,11-14H2,1-2H3. The third kappa shape index (κ3) is 4.26. The molecule has 2 aromatic carbocycles.